The van der Waals surface area contributed by atoms with Gasteiger partial charge >= 0.3 is 0 Å². The second-order valence-electron chi connectivity index (χ2n) is 1.78. The first-order chi connectivity index (χ1) is 4.30. The minimum atomic E-state index is 0.630. The van der Waals surface area contributed by atoms with Gasteiger partial charge in [0.2, 0.25) is 12.3 Å². The maximum absolute atomic E-state index is 3.85. The van der Waals surface area contributed by atoms with E-state index in [4.69, 9.17) is 0 Å². The fourth-order valence-electron chi connectivity index (χ4n) is 0.424. The van der Waals surface area contributed by atoms with E-state index in [0.717, 1.165) is 0 Å². The molecule has 0 unspecified atom stereocenters. The highest BCUT2D eigenvalue weighted by Gasteiger charge is 1.92. The molecule has 0 N–H and O–H groups in total. The highest BCUT2D eigenvalue weighted by atomic mass is 15.2. The predicted molar refractivity (Wildman–Crippen MR) is 33.0 cm³/mol. The zero-order valence-corrected chi connectivity index (χ0v) is 5.37. The van der Waals surface area contributed by atoms with Gasteiger partial charge in [0.1, 0.15) is 6.33 Å². The number of hydrogen-bond donors (Lipinski definition) is 0. The minimum Gasteiger partial charge on any atom is -0.347 e. The second-order valence-corrected chi connectivity index (χ2v) is 1.78. The molecule has 0 bridgehead atoms. The van der Waals surface area contributed by atoms with Gasteiger partial charge in [-0.05, 0) is 0 Å². The molecule has 0 aliphatic rings. The van der Waals surface area contributed by atoms with E-state index in [1.54, 1.807) is 4.90 Å². The summed E-state index contributed by atoms with van der Waals surface area (Å²) in [6, 6.07) is 0. The third-order valence-corrected chi connectivity index (χ3v) is 0.839. The van der Waals surface area contributed by atoms with Gasteiger partial charge in [-0.15, -0.1) is 0 Å². The summed E-state index contributed by atoms with van der Waals surface area (Å²) in [6.45, 7) is 0. The maximum atomic E-state index is 3.85. The van der Waals surface area contributed by atoms with Crippen molar-refractivity contribution in [2.24, 2.45) is 0 Å². The van der Waals surface area contributed by atoms with E-state index in [9.17, 15) is 0 Å². The molecule has 1 aromatic rings. The Morgan fingerprint density at radius 1 is 1.56 bits per heavy atom. The first-order valence-corrected chi connectivity index (χ1v) is 2.53. The zero-order chi connectivity index (χ0) is 6.69. The Kier molecular flexibility index (Phi) is 1.58. The highest BCUT2D eigenvalue weighted by Crippen LogP contribution is 1.94. The monoisotopic (exact) mass is 123 g/mol. The Hall–Kier alpha value is -1.19. The van der Waals surface area contributed by atoms with Crippen molar-refractivity contribution in [3.63, 3.8) is 0 Å². The van der Waals surface area contributed by atoms with E-state index in [1.165, 1.54) is 6.33 Å². The molecule has 1 aromatic heterocycles. The molecule has 0 aliphatic heterocycles. The van der Waals surface area contributed by atoms with E-state index >= 15 is 0 Å². The van der Waals surface area contributed by atoms with Crippen LogP contribution in [0, 0.1) is 6.33 Å². The molecule has 1 heterocycles. The van der Waals surface area contributed by atoms with E-state index < -0.39 is 0 Å². The lowest BCUT2D eigenvalue weighted by molar-refractivity contribution is 0.948. The molecule has 0 aromatic carbocycles. The molecule has 0 atom stereocenters. The maximum Gasteiger partial charge on any atom is 0.228 e. The highest BCUT2D eigenvalue weighted by molar-refractivity contribution is 5.22. The summed E-state index contributed by atoms with van der Waals surface area (Å²) in [7, 11) is 3.73. The summed E-state index contributed by atoms with van der Waals surface area (Å²) < 4.78 is 0. The first kappa shape index (κ1) is 5.94. The van der Waals surface area contributed by atoms with Crippen LogP contribution in [0.15, 0.2) is 6.33 Å². The van der Waals surface area contributed by atoms with Crippen LogP contribution in [0.4, 0.5) is 5.95 Å². The summed E-state index contributed by atoms with van der Waals surface area (Å²) >= 11 is 0. The molecule has 0 amide bonds. The van der Waals surface area contributed by atoms with Crippen LogP contribution in [0.5, 0.6) is 0 Å². The standard InChI is InChI=1S/C5H7N4/c1-9(2)5-7-3-6-4-8-5/h3H,1-2H3. The molecular weight excluding hydrogens is 116 g/mol. The number of nitrogens with zero attached hydrogens (tertiary/aromatic N) is 4. The van der Waals surface area contributed by atoms with Crippen LogP contribution in [-0.4, -0.2) is 29.0 Å². The van der Waals surface area contributed by atoms with Crippen molar-refractivity contribution in [3.05, 3.63) is 12.7 Å². The molecule has 47 valence electrons. The molecule has 1 rings (SSSR count). The summed E-state index contributed by atoms with van der Waals surface area (Å²) in [6.07, 6.45) is 3.86. The number of anilines is 1. The van der Waals surface area contributed by atoms with Crippen LogP contribution in [0.1, 0.15) is 0 Å². The first-order valence-electron chi connectivity index (χ1n) is 2.53. The van der Waals surface area contributed by atoms with Gasteiger partial charge in [-0.1, -0.05) is 0 Å². The lowest BCUT2D eigenvalue weighted by Crippen LogP contribution is -2.12. The SMILES string of the molecule is CN(C)c1n[c]ncn1. The van der Waals surface area contributed by atoms with Crippen LogP contribution in [0.2, 0.25) is 0 Å². The van der Waals surface area contributed by atoms with Crippen molar-refractivity contribution in [1.82, 2.24) is 15.0 Å². The number of rotatable bonds is 1. The molecule has 0 aliphatic carbocycles. The molecule has 0 fully saturated rings. The Labute approximate surface area is 53.6 Å². The van der Waals surface area contributed by atoms with Crippen LogP contribution >= 0.6 is 0 Å². The third-order valence-electron chi connectivity index (χ3n) is 0.839. The fraction of sp³-hybridized carbons (Fsp3) is 0.400. The largest absolute Gasteiger partial charge is 0.347 e. The number of aromatic nitrogens is 3. The lowest BCUT2D eigenvalue weighted by atomic mass is 10.8. The Bertz CT molecular complexity index is 172. The van der Waals surface area contributed by atoms with Crippen LogP contribution in [0.25, 0.3) is 0 Å². The van der Waals surface area contributed by atoms with Crippen LogP contribution in [0.3, 0.4) is 0 Å². The van der Waals surface area contributed by atoms with Gasteiger partial charge in [-0.3, -0.25) is 0 Å². The van der Waals surface area contributed by atoms with Crippen molar-refractivity contribution >= 4 is 5.95 Å². The van der Waals surface area contributed by atoms with E-state index in [-0.39, 0.29) is 0 Å². The lowest BCUT2D eigenvalue weighted by Gasteiger charge is -2.06. The smallest absolute Gasteiger partial charge is 0.228 e. The molecule has 4 nitrogen and oxygen atoms in total. The van der Waals surface area contributed by atoms with Crippen molar-refractivity contribution in [2.45, 2.75) is 0 Å². The normalized spacial score (nSPS) is 9.11. The zero-order valence-electron chi connectivity index (χ0n) is 5.37. The average molecular weight is 123 g/mol. The summed E-state index contributed by atoms with van der Waals surface area (Å²) in [5.41, 5.74) is 0. The van der Waals surface area contributed by atoms with Crippen LogP contribution < -0.4 is 4.90 Å². The van der Waals surface area contributed by atoms with Gasteiger partial charge in [0, 0.05) is 14.1 Å². The Balaban J connectivity index is 2.85. The Morgan fingerprint density at radius 3 is 2.67 bits per heavy atom. The van der Waals surface area contributed by atoms with Crippen molar-refractivity contribution in [1.29, 1.82) is 0 Å². The molecule has 0 saturated carbocycles. The molecule has 0 spiro atoms. The van der Waals surface area contributed by atoms with Gasteiger partial charge < -0.3 is 4.90 Å². The summed E-state index contributed by atoms with van der Waals surface area (Å²) in [4.78, 5) is 13.0. The minimum absolute atomic E-state index is 0.630. The van der Waals surface area contributed by atoms with E-state index in [0.29, 0.717) is 5.95 Å². The number of hydrogen-bond acceptors (Lipinski definition) is 4. The van der Waals surface area contributed by atoms with Gasteiger partial charge in [-0.2, -0.15) is 4.98 Å². The predicted octanol–water partition coefficient (Wildman–Crippen LogP) is -0.262. The van der Waals surface area contributed by atoms with Crippen LogP contribution in [-0.2, 0) is 0 Å². The molecule has 9 heavy (non-hydrogen) atoms. The van der Waals surface area contributed by atoms with Gasteiger partial charge in [-0.25, -0.2) is 9.97 Å². The summed E-state index contributed by atoms with van der Waals surface area (Å²) in [5.74, 6) is 0.630. The van der Waals surface area contributed by atoms with Gasteiger partial charge in [0.05, 0.1) is 0 Å². The van der Waals surface area contributed by atoms with Crippen molar-refractivity contribution < 1.29 is 0 Å². The van der Waals surface area contributed by atoms with E-state index in [2.05, 4.69) is 21.3 Å². The molecule has 0 saturated heterocycles. The van der Waals surface area contributed by atoms with E-state index in [1.807, 2.05) is 14.1 Å². The molecule has 4 heteroatoms. The topological polar surface area (TPSA) is 41.9 Å². The quantitative estimate of drug-likeness (QED) is 0.516. The Morgan fingerprint density at radius 2 is 2.33 bits per heavy atom. The second kappa shape index (κ2) is 2.39. The fourth-order valence-corrected chi connectivity index (χ4v) is 0.424. The third kappa shape index (κ3) is 1.35. The average Bonchev–Trinajstić information content (AvgIpc) is 1.90. The van der Waals surface area contributed by atoms with Gasteiger partial charge in [0.15, 0.2) is 0 Å². The molecule has 1 radical (unpaired) electrons. The van der Waals surface area contributed by atoms with Crippen molar-refractivity contribution in [3.8, 4) is 0 Å². The van der Waals surface area contributed by atoms with Gasteiger partial charge in [0.25, 0.3) is 0 Å². The van der Waals surface area contributed by atoms with Crippen molar-refractivity contribution in [2.75, 3.05) is 19.0 Å². The summed E-state index contributed by atoms with van der Waals surface area (Å²) in [5, 5.41) is 0. The molecular formula is C5H7N4.